The van der Waals surface area contributed by atoms with E-state index in [1.807, 2.05) is 54.6 Å². The number of carbonyl (C=O) groups is 2. The molecule has 1 N–H and O–H groups in total. The van der Waals surface area contributed by atoms with Crippen molar-refractivity contribution in [1.82, 2.24) is 0 Å². The van der Waals surface area contributed by atoms with Crippen molar-refractivity contribution in [3.63, 3.8) is 0 Å². The zero-order valence-electron chi connectivity index (χ0n) is 31.1. The number of benzene rings is 2. The Morgan fingerprint density at radius 1 is 1.04 bits per heavy atom. The minimum atomic E-state index is -0.539. The number of anilines is 1. The minimum Gasteiger partial charge on any atom is -0.490 e. The van der Waals surface area contributed by atoms with E-state index in [1.54, 1.807) is 7.11 Å². The number of methoxy groups -OCH3 is 2. The summed E-state index contributed by atoms with van der Waals surface area (Å²) in [6, 6.07) is 16.5. The Labute approximate surface area is 316 Å². The molecule has 4 fully saturated rings. The maximum atomic E-state index is 12.4. The number of para-hydroxylation sites is 1. The Bertz CT molecular complexity index is 1810. The van der Waals surface area contributed by atoms with E-state index >= 15 is 0 Å². The zero-order chi connectivity index (χ0) is 37.0. The van der Waals surface area contributed by atoms with Crippen molar-refractivity contribution >= 4 is 37.7 Å². The average molecular weight is 737 g/mol. The third kappa shape index (κ3) is 8.49. The van der Waals surface area contributed by atoms with E-state index in [9.17, 15) is 14.9 Å². The number of nitriles is 1. The number of ether oxygens (including phenoxy) is 4. The summed E-state index contributed by atoms with van der Waals surface area (Å²) in [5.74, 6) is 2.40. The first-order valence-corrected chi connectivity index (χ1v) is 20.1. The fourth-order valence-corrected chi connectivity index (χ4v) is 9.76. The summed E-state index contributed by atoms with van der Waals surface area (Å²) in [6.45, 7) is 0. The molecule has 1 heterocycles. The molecule has 8 rings (SSSR count). The molecule has 8 unspecified atom stereocenters. The van der Waals surface area contributed by atoms with Gasteiger partial charge in [0.25, 0.3) is 5.91 Å². The molecule has 8 atom stereocenters. The Morgan fingerprint density at radius 3 is 2.60 bits per heavy atom. The molecule has 5 aliphatic carbocycles. The van der Waals surface area contributed by atoms with Gasteiger partial charge in [-0.25, -0.2) is 0 Å². The van der Waals surface area contributed by atoms with Crippen LogP contribution in [0.5, 0.6) is 5.75 Å². The molecular formula is C44H53N2O6P. The van der Waals surface area contributed by atoms with Crippen LogP contribution in [0.25, 0.3) is 5.57 Å². The highest BCUT2D eigenvalue weighted by molar-refractivity contribution is 7.27. The minimum absolute atomic E-state index is 0.0510. The van der Waals surface area contributed by atoms with E-state index in [0.29, 0.717) is 36.5 Å². The first-order valence-electron chi connectivity index (χ1n) is 19.5. The van der Waals surface area contributed by atoms with E-state index in [1.165, 1.54) is 45.6 Å². The SMILES string of the molecule is COC(=O)CC1CCCC(C#N)(c2ccc(P)c(OC3CCCC3)c2)C1.COC1C=CC(/C=C2/C(=O)Nc3ccccc32)=CC1OC1CC2CCC1C2. The summed E-state index contributed by atoms with van der Waals surface area (Å²) in [4.78, 5) is 24.1. The van der Waals surface area contributed by atoms with E-state index in [-0.39, 0.29) is 30.0 Å². The third-order valence-electron chi connectivity index (χ3n) is 12.4. The lowest BCUT2D eigenvalue weighted by Crippen LogP contribution is -2.35. The van der Waals surface area contributed by atoms with Crippen molar-refractivity contribution in [3.8, 4) is 11.8 Å². The summed E-state index contributed by atoms with van der Waals surface area (Å²) in [7, 11) is 5.89. The lowest BCUT2D eigenvalue weighted by Gasteiger charge is -2.36. The molecule has 2 aromatic rings. The first-order chi connectivity index (χ1) is 25.8. The zero-order valence-corrected chi connectivity index (χ0v) is 32.2. The summed E-state index contributed by atoms with van der Waals surface area (Å²) in [5, 5.41) is 14.0. The summed E-state index contributed by atoms with van der Waals surface area (Å²) < 4.78 is 23.2. The molecule has 4 saturated carbocycles. The van der Waals surface area contributed by atoms with Crippen molar-refractivity contribution in [2.45, 2.75) is 113 Å². The van der Waals surface area contributed by atoms with Gasteiger partial charge in [-0.05, 0) is 124 Å². The molecular weight excluding hydrogens is 683 g/mol. The smallest absolute Gasteiger partial charge is 0.305 e. The predicted molar refractivity (Wildman–Crippen MR) is 210 cm³/mol. The molecule has 1 aliphatic heterocycles. The van der Waals surface area contributed by atoms with Gasteiger partial charge in [0.2, 0.25) is 0 Å². The van der Waals surface area contributed by atoms with Gasteiger partial charge in [0.1, 0.15) is 18.0 Å². The molecule has 2 bridgehead atoms. The van der Waals surface area contributed by atoms with Gasteiger partial charge in [0.05, 0.1) is 30.8 Å². The second-order valence-electron chi connectivity index (χ2n) is 15.8. The quantitative estimate of drug-likeness (QED) is 0.157. The molecule has 9 heteroatoms. The molecule has 0 aromatic heterocycles. The van der Waals surface area contributed by atoms with Crippen LogP contribution in [-0.4, -0.2) is 50.5 Å². The van der Waals surface area contributed by atoms with Gasteiger partial charge < -0.3 is 24.3 Å². The highest BCUT2D eigenvalue weighted by atomic mass is 31.0. The van der Waals surface area contributed by atoms with Crippen LogP contribution in [0.4, 0.5) is 5.69 Å². The van der Waals surface area contributed by atoms with Crippen LogP contribution in [0, 0.1) is 29.1 Å². The van der Waals surface area contributed by atoms with Crippen LogP contribution in [0.15, 0.2) is 72.3 Å². The Kier molecular flexibility index (Phi) is 11.8. The topological polar surface area (TPSA) is 107 Å². The fourth-order valence-electron chi connectivity index (χ4n) is 9.52. The number of allylic oxidation sites excluding steroid dienone is 3. The number of hydrogen-bond donors (Lipinski definition) is 1. The van der Waals surface area contributed by atoms with Gasteiger partial charge in [-0.1, -0.05) is 48.9 Å². The molecule has 53 heavy (non-hydrogen) atoms. The highest BCUT2D eigenvalue weighted by Gasteiger charge is 2.42. The number of nitrogens with one attached hydrogen (secondary N) is 1. The average Bonchev–Trinajstić information content (AvgIpc) is 4.00. The lowest BCUT2D eigenvalue weighted by atomic mass is 9.66. The maximum absolute atomic E-state index is 12.4. The van der Waals surface area contributed by atoms with Gasteiger partial charge in [0, 0.05) is 35.7 Å². The Hall–Kier alpha value is -3.76. The van der Waals surface area contributed by atoms with Crippen LogP contribution in [0.1, 0.15) is 94.6 Å². The number of esters is 1. The molecule has 0 radical (unpaired) electrons. The Morgan fingerprint density at radius 2 is 1.87 bits per heavy atom. The first kappa shape index (κ1) is 37.6. The van der Waals surface area contributed by atoms with E-state index in [4.69, 9.17) is 18.9 Å². The van der Waals surface area contributed by atoms with Gasteiger partial charge in [-0.15, -0.1) is 9.24 Å². The normalized spacial score (nSPS) is 30.9. The summed E-state index contributed by atoms with van der Waals surface area (Å²) in [5.41, 5.74) is 4.02. The number of nitrogens with zero attached hydrogens (tertiary/aromatic N) is 1. The molecule has 0 spiro atoms. The highest BCUT2D eigenvalue weighted by Crippen LogP contribution is 2.47. The number of rotatable bonds is 9. The second-order valence-corrected chi connectivity index (χ2v) is 16.4. The number of amides is 1. The van der Waals surface area contributed by atoms with Crippen LogP contribution in [0.3, 0.4) is 0 Å². The molecule has 6 aliphatic rings. The van der Waals surface area contributed by atoms with E-state index in [0.717, 1.165) is 71.5 Å². The van der Waals surface area contributed by atoms with Crippen LogP contribution in [-0.2, 0) is 29.2 Å². The number of carbonyl (C=O) groups excluding carboxylic acids is 2. The summed E-state index contributed by atoms with van der Waals surface area (Å²) >= 11 is 0. The number of hydrogen-bond acceptors (Lipinski definition) is 7. The lowest BCUT2D eigenvalue weighted by molar-refractivity contribution is -0.142. The van der Waals surface area contributed by atoms with Gasteiger partial charge in [-0.3, -0.25) is 9.59 Å². The standard InChI is InChI=1S/C23H25NO3.C21H28NO3P/c1-26-20-9-7-15(11-18-17-4-2-3-5-19(17)24-23(18)25)13-22(20)27-21-12-14-6-8-16(21)10-14;1-24-20(23)11-15-5-4-10-21(13-15,14-22)16-8-9-19(26)18(12-16)25-17-6-2-3-7-17/h2-5,7,9,11,13-14,16,20-22H,6,8,10,12H2,1H3,(H,24,25);8-9,12,15,17H,2-7,10-11,13,26H2,1H3/b18-11+;. The molecule has 2 aromatic carbocycles. The predicted octanol–water partition coefficient (Wildman–Crippen LogP) is 8.13. The molecule has 0 saturated heterocycles. The van der Waals surface area contributed by atoms with Crippen molar-refractivity contribution in [2.75, 3.05) is 19.5 Å². The third-order valence-corrected chi connectivity index (χ3v) is 12.8. The van der Waals surface area contributed by atoms with Crippen LogP contribution < -0.4 is 15.4 Å². The monoisotopic (exact) mass is 736 g/mol. The van der Waals surface area contributed by atoms with Crippen molar-refractivity contribution in [2.24, 2.45) is 17.8 Å². The second kappa shape index (κ2) is 16.7. The van der Waals surface area contributed by atoms with Gasteiger partial charge >= 0.3 is 5.97 Å². The summed E-state index contributed by atoms with van der Waals surface area (Å²) in [6.07, 6.45) is 22.3. The fraction of sp³-hybridized carbons (Fsp3) is 0.523. The largest absolute Gasteiger partial charge is 0.490 e. The van der Waals surface area contributed by atoms with Crippen LogP contribution in [0.2, 0.25) is 0 Å². The van der Waals surface area contributed by atoms with Crippen molar-refractivity contribution in [3.05, 3.63) is 83.5 Å². The van der Waals surface area contributed by atoms with Crippen molar-refractivity contribution in [1.29, 1.82) is 5.26 Å². The maximum Gasteiger partial charge on any atom is 0.305 e. The van der Waals surface area contributed by atoms with Gasteiger partial charge in [-0.2, -0.15) is 5.26 Å². The Balaban J connectivity index is 0.000000164. The number of fused-ring (bicyclic) bond motifs is 3. The molecule has 280 valence electrons. The van der Waals surface area contributed by atoms with Crippen molar-refractivity contribution < 1.29 is 28.5 Å². The van der Waals surface area contributed by atoms with Crippen LogP contribution >= 0.6 is 9.24 Å². The molecule has 8 nitrogen and oxygen atoms in total. The van der Waals surface area contributed by atoms with E-state index < -0.39 is 5.41 Å². The van der Waals surface area contributed by atoms with E-state index in [2.05, 4.69) is 32.8 Å². The molecule has 1 amide bonds. The van der Waals surface area contributed by atoms with Gasteiger partial charge in [0.15, 0.2) is 0 Å².